The van der Waals surface area contributed by atoms with Gasteiger partial charge in [0.15, 0.2) is 0 Å². The molecule has 0 fully saturated rings. The standard InChI is InChI=1S/2C16H14Br2N2.Cu.F6P/c2*17-15-7-3-1-5-13(15)11-19-9-10-20-12-14-6-2-4-8-16(14)18;;1-7(2,3,4,5)6/h2*1-8,11-12H,9-10H2;;/q;;+1;-1. The molecule has 16 heteroatoms. The molecule has 0 atom stereocenters. The summed E-state index contributed by atoms with van der Waals surface area (Å²) in [5.74, 6) is 0. The molecule has 0 aromatic heterocycles. The van der Waals surface area contributed by atoms with Crippen molar-refractivity contribution < 1.29 is 42.3 Å². The van der Waals surface area contributed by atoms with Crippen LogP contribution in [-0.2, 0) is 17.1 Å². The van der Waals surface area contributed by atoms with Crippen LogP contribution in [0.5, 0.6) is 0 Å². The minimum absolute atomic E-state index is 0. The fourth-order valence-corrected chi connectivity index (χ4v) is 4.75. The minimum Gasteiger partial charge on any atom is 1.00 e. The van der Waals surface area contributed by atoms with Gasteiger partial charge in [0.25, 0.3) is 0 Å². The van der Waals surface area contributed by atoms with Crippen molar-refractivity contribution in [1.29, 1.82) is 0 Å². The molecule has 0 N–H and O–H groups in total. The van der Waals surface area contributed by atoms with Crippen LogP contribution in [0.3, 0.4) is 0 Å². The van der Waals surface area contributed by atoms with Crippen LogP contribution in [0, 0.1) is 0 Å². The van der Waals surface area contributed by atoms with E-state index >= 15 is 0 Å². The number of rotatable bonds is 10. The topological polar surface area (TPSA) is 49.4 Å². The van der Waals surface area contributed by atoms with Gasteiger partial charge in [0.2, 0.25) is 0 Å². The van der Waals surface area contributed by atoms with Crippen molar-refractivity contribution in [2.75, 3.05) is 26.2 Å². The summed E-state index contributed by atoms with van der Waals surface area (Å²) in [5.41, 5.74) is 4.34. The Kier molecular flexibility index (Phi) is 18.9. The Labute approximate surface area is 319 Å². The van der Waals surface area contributed by atoms with Gasteiger partial charge in [-0.25, -0.2) is 0 Å². The molecular formula is C32H28Br4CuF6N4P. The first-order valence-corrected chi connectivity index (χ1v) is 18.7. The molecule has 0 aliphatic carbocycles. The zero-order chi connectivity index (χ0) is 34.8. The molecule has 48 heavy (non-hydrogen) atoms. The van der Waals surface area contributed by atoms with Crippen molar-refractivity contribution in [3.63, 3.8) is 0 Å². The molecule has 0 unspecified atom stereocenters. The van der Waals surface area contributed by atoms with Crippen LogP contribution in [0.1, 0.15) is 22.3 Å². The van der Waals surface area contributed by atoms with Crippen molar-refractivity contribution >= 4 is 96.4 Å². The molecule has 4 nitrogen and oxygen atoms in total. The quantitative estimate of drug-likeness (QED) is 0.0500. The van der Waals surface area contributed by atoms with Gasteiger partial charge in [0, 0.05) is 65.0 Å². The van der Waals surface area contributed by atoms with Crippen LogP contribution in [0.2, 0.25) is 0 Å². The summed E-state index contributed by atoms with van der Waals surface area (Å²) in [7, 11) is -10.7. The van der Waals surface area contributed by atoms with Crippen LogP contribution < -0.4 is 0 Å². The van der Waals surface area contributed by atoms with Gasteiger partial charge in [-0.2, -0.15) is 0 Å². The first kappa shape index (κ1) is 44.0. The zero-order valence-electron chi connectivity index (χ0n) is 24.7. The monoisotopic (exact) mass is 992 g/mol. The predicted molar refractivity (Wildman–Crippen MR) is 200 cm³/mol. The number of aliphatic imine (C=N–C) groups is 4. The van der Waals surface area contributed by atoms with Crippen molar-refractivity contribution in [3.8, 4) is 0 Å². The molecule has 262 valence electrons. The van der Waals surface area contributed by atoms with Gasteiger partial charge in [-0.05, 0) is 24.3 Å². The molecule has 0 amide bonds. The molecule has 0 heterocycles. The molecule has 0 saturated carbocycles. The Morgan fingerprint density at radius 2 is 0.562 bits per heavy atom. The van der Waals surface area contributed by atoms with Gasteiger partial charge in [-0.15, -0.1) is 0 Å². The van der Waals surface area contributed by atoms with Gasteiger partial charge < -0.3 is 0 Å². The largest absolute Gasteiger partial charge is 1.00 e. The second kappa shape index (κ2) is 20.6. The fraction of sp³-hybridized carbons (Fsp3) is 0.125. The zero-order valence-corrected chi connectivity index (χ0v) is 32.9. The normalized spacial score (nSPS) is 13.0. The van der Waals surface area contributed by atoms with E-state index in [2.05, 4.69) is 83.7 Å². The number of hydrogen-bond acceptors (Lipinski definition) is 4. The van der Waals surface area contributed by atoms with E-state index in [1.54, 1.807) is 0 Å². The molecule has 0 aliphatic rings. The Morgan fingerprint density at radius 1 is 0.396 bits per heavy atom. The summed E-state index contributed by atoms with van der Waals surface area (Å²) in [4.78, 5) is 17.5. The van der Waals surface area contributed by atoms with Gasteiger partial charge in [0.1, 0.15) is 0 Å². The van der Waals surface area contributed by atoms with Crippen molar-refractivity contribution in [2.45, 2.75) is 0 Å². The maximum atomic E-state index is 9.87. The first-order chi connectivity index (χ1) is 22.0. The smallest absolute Gasteiger partial charge is 1.00 e. The molecule has 0 saturated heterocycles. The summed E-state index contributed by atoms with van der Waals surface area (Å²) < 4.78 is 63.4. The van der Waals surface area contributed by atoms with E-state index in [0.29, 0.717) is 26.2 Å². The van der Waals surface area contributed by atoms with Crippen molar-refractivity contribution in [1.82, 2.24) is 0 Å². The maximum Gasteiger partial charge on any atom is 1.00 e. The van der Waals surface area contributed by atoms with Crippen molar-refractivity contribution in [2.24, 2.45) is 20.0 Å². The molecule has 0 bridgehead atoms. The van der Waals surface area contributed by atoms with Gasteiger partial charge in [0.05, 0.1) is 26.2 Å². The third kappa shape index (κ3) is 22.6. The average Bonchev–Trinajstić information content (AvgIpc) is 2.99. The van der Waals surface area contributed by atoms with E-state index < -0.39 is 7.81 Å². The fourth-order valence-electron chi connectivity index (χ4n) is 3.20. The van der Waals surface area contributed by atoms with E-state index in [9.17, 15) is 25.2 Å². The molecule has 0 radical (unpaired) electrons. The second-order valence-electron chi connectivity index (χ2n) is 9.19. The minimum atomic E-state index is -10.7. The first-order valence-electron chi connectivity index (χ1n) is 13.5. The number of halogens is 10. The van der Waals surface area contributed by atoms with Gasteiger partial charge >= 0.3 is 50.1 Å². The van der Waals surface area contributed by atoms with E-state index in [1.165, 1.54) is 0 Å². The maximum absolute atomic E-state index is 10.7. The SMILES string of the molecule is Brc1ccccc1C=NCCN=Cc1ccccc1Br.Brc1ccccc1C=NCCN=Cc1ccccc1Br.F[P-](F)(F)(F)(F)F.[Cu+]. The summed E-state index contributed by atoms with van der Waals surface area (Å²) in [6, 6.07) is 32.1. The second-order valence-corrected chi connectivity index (χ2v) is 14.5. The molecule has 4 aromatic rings. The van der Waals surface area contributed by atoms with Crippen LogP contribution in [0.15, 0.2) is 135 Å². The molecule has 0 aliphatic heterocycles. The number of benzene rings is 4. The molecule has 0 spiro atoms. The van der Waals surface area contributed by atoms with Crippen LogP contribution in [0.25, 0.3) is 0 Å². The Hall–Kier alpha value is -1.99. The van der Waals surface area contributed by atoms with Gasteiger partial charge in [-0.3, -0.25) is 20.0 Å². The van der Waals surface area contributed by atoms with Crippen LogP contribution in [-0.4, -0.2) is 51.0 Å². The number of nitrogens with zero attached hydrogens (tertiary/aromatic N) is 4. The Bertz CT molecular complexity index is 1470. The molecule has 4 rings (SSSR count). The summed E-state index contributed by atoms with van der Waals surface area (Å²) >= 11 is 14.0. The summed E-state index contributed by atoms with van der Waals surface area (Å²) in [5, 5.41) is 0. The third-order valence-electron chi connectivity index (χ3n) is 5.26. The Morgan fingerprint density at radius 3 is 0.729 bits per heavy atom. The van der Waals surface area contributed by atoms with E-state index in [0.717, 1.165) is 40.1 Å². The third-order valence-corrected chi connectivity index (χ3v) is 8.15. The van der Waals surface area contributed by atoms with Gasteiger partial charge in [-0.1, -0.05) is 137 Å². The molecular weight excluding hydrogens is 969 g/mol. The predicted octanol–water partition coefficient (Wildman–Crippen LogP) is 12.9. The van der Waals surface area contributed by atoms with Crippen LogP contribution >= 0.6 is 71.5 Å². The molecule has 4 aromatic carbocycles. The van der Waals surface area contributed by atoms with E-state index in [1.807, 2.05) is 122 Å². The summed E-state index contributed by atoms with van der Waals surface area (Å²) in [6.45, 7) is 2.73. The average molecular weight is 997 g/mol. The van der Waals surface area contributed by atoms with Crippen molar-refractivity contribution in [3.05, 3.63) is 137 Å². The Balaban J connectivity index is 0.000000395. The number of hydrogen-bond donors (Lipinski definition) is 0. The summed E-state index contributed by atoms with van der Waals surface area (Å²) in [6.07, 6.45) is 7.49. The van der Waals surface area contributed by atoms with E-state index in [4.69, 9.17) is 0 Å². The van der Waals surface area contributed by atoms with E-state index in [-0.39, 0.29) is 17.1 Å². The van der Waals surface area contributed by atoms with Crippen LogP contribution in [0.4, 0.5) is 25.2 Å².